The van der Waals surface area contributed by atoms with Crippen molar-refractivity contribution in [1.29, 1.82) is 0 Å². The third-order valence-corrected chi connectivity index (χ3v) is 4.81. The predicted molar refractivity (Wildman–Crippen MR) is 111 cm³/mol. The van der Waals surface area contributed by atoms with Crippen LogP contribution < -0.4 is 14.7 Å². The second kappa shape index (κ2) is 9.38. The number of methoxy groups -OCH3 is 1. The summed E-state index contributed by atoms with van der Waals surface area (Å²) in [5.41, 5.74) is 3.55. The molecule has 9 heteroatoms. The van der Waals surface area contributed by atoms with Crippen molar-refractivity contribution in [3.05, 3.63) is 71.8 Å². The molecule has 3 rings (SSSR count). The van der Waals surface area contributed by atoms with Crippen molar-refractivity contribution in [3.63, 3.8) is 0 Å². The third-order valence-electron chi connectivity index (χ3n) is 4.39. The maximum absolute atomic E-state index is 13.1. The zero-order valence-corrected chi connectivity index (χ0v) is 17.3. The van der Waals surface area contributed by atoms with Crippen LogP contribution in [0, 0.1) is 0 Å². The van der Waals surface area contributed by atoms with Crippen molar-refractivity contribution in [2.24, 2.45) is 0 Å². The molecule has 8 nitrogen and oxygen atoms in total. The van der Waals surface area contributed by atoms with Crippen molar-refractivity contribution in [2.45, 2.75) is 19.6 Å². The molecular formula is C21H22NO7P. The second-order valence-corrected chi connectivity index (χ2v) is 7.72. The molecule has 0 fully saturated rings. The Bertz CT molecular complexity index is 1080. The smallest absolute Gasteiger partial charge is 0.496 e. The van der Waals surface area contributed by atoms with Crippen LogP contribution in [0.4, 0.5) is 0 Å². The van der Waals surface area contributed by atoms with Crippen LogP contribution in [-0.4, -0.2) is 28.7 Å². The molecule has 0 bridgehead atoms. The van der Waals surface area contributed by atoms with E-state index in [1.54, 1.807) is 31.2 Å². The van der Waals surface area contributed by atoms with Gasteiger partial charge in [-0.3, -0.25) is 19.4 Å². The predicted octanol–water partition coefficient (Wildman–Crippen LogP) is 3.61. The SMILES string of the molecule is COc1cc(C(=O)[C@H](C)NOCc2ccccc2)c(OP(=O)(O)O)c2ccccc12. The lowest BCUT2D eigenvalue weighted by molar-refractivity contribution is 0.00963. The molecule has 0 aliphatic rings. The average Bonchev–Trinajstić information content (AvgIpc) is 2.73. The summed E-state index contributed by atoms with van der Waals surface area (Å²) in [6.45, 7) is 1.82. The fourth-order valence-electron chi connectivity index (χ4n) is 3.00. The quantitative estimate of drug-likeness (QED) is 0.267. The Morgan fingerprint density at radius 3 is 2.33 bits per heavy atom. The van der Waals surface area contributed by atoms with Crippen LogP contribution in [0.15, 0.2) is 60.7 Å². The van der Waals surface area contributed by atoms with Gasteiger partial charge in [0.15, 0.2) is 11.5 Å². The molecule has 0 amide bonds. The molecule has 0 saturated carbocycles. The number of phosphoric acid groups is 1. The molecule has 0 spiro atoms. The highest BCUT2D eigenvalue weighted by Crippen LogP contribution is 2.45. The minimum Gasteiger partial charge on any atom is -0.496 e. The normalized spacial score (nSPS) is 12.5. The first kappa shape index (κ1) is 22.0. The van der Waals surface area contributed by atoms with E-state index in [9.17, 15) is 19.1 Å². The fraction of sp³-hybridized carbons (Fsp3) is 0.190. The lowest BCUT2D eigenvalue weighted by atomic mass is 9.99. The van der Waals surface area contributed by atoms with E-state index < -0.39 is 19.6 Å². The average molecular weight is 431 g/mol. The van der Waals surface area contributed by atoms with Gasteiger partial charge in [-0.2, -0.15) is 5.48 Å². The molecule has 0 aromatic heterocycles. The Morgan fingerprint density at radius 1 is 1.07 bits per heavy atom. The minimum absolute atomic E-state index is 0.0304. The van der Waals surface area contributed by atoms with E-state index in [2.05, 4.69) is 5.48 Å². The molecule has 30 heavy (non-hydrogen) atoms. The fourth-order valence-corrected chi connectivity index (χ4v) is 3.43. The summed E-state index contributed by atoms with van der Waals surface area (Å²) in [7, 11) is -3.47. The van der Waals surface area contributed by atoms with Crippen molar-refractivity contribution >= 4 is 24.4 Å². The topological polar surface area (TPSA) is 114 Å². The maximum atomic E-state index is 13.1. The molecule has 158 valence electrons. The number of benzene rings is 3. The molecule has 0 unspecified atom stereocenters. The Labute approximate surface area is 173 Å². The number of hydroxylamine groups is 1. The number of rotatable bonds is 9. The summed E-state index contributed by atoms with van der Waals surface area (Å²) in [5.74, 6) is -0.304. The standard InChI is InChI=1S/C21H22NO7P/c1-14(22-28-13-15-8-4-3-5-9-15)20(23)18-12-19(27-2)16-10-6-7-11-17(16)21(18)29-30(24,25)26/h3-12,14,22H,13H2,1-2H3,(H2,24,25,26)/t14-/m0/s1. The first-order valence-corrected chi connectivity index (χ1v) is 10.6. The van der Waals surface area contributed by atoms with Crippen molar-refractivity contribution in [2.75, 3.05) is 7.11 Å². The minimum atomic E-state index is -4.92. The van der Waals surface area contributed by atoms with Gasteiger partial charge in [-0.15, -0.1) is 0 Å². The Hall–Kier alpha value is -2.74. The van der Waals surface area contributed by atoms with Gasteiger partial charge in [-0.1, -0.05) is 54.6 Å². The number of ketones is 1. The van der Waals surface area contributed by atoms with E-state index in [4.69, 9.17) is 14.1 Å². The van der Waals surface area contributed by atoms with Crippen LogP contribution in [0.25, 0.3) is 10.8 Å². The number of ether oxygens (including phenoxy) is 1. The zero-order valence-electron chi connectivity index (χ0n) is 16.4. The van der Waals surface area contributed by atoms with E-state index in [1.165, 1.54) is 13.2 Å². The van der Waals surface area contributed by atoms with Gasteiger partial charge in [0.2, 0.25) is 0 Å². The molecule has 0 radical (unpaired) electrons. The Morgan fingerprint density at radius 2 is 1.70 bits per heavy atom. The van der Waals surface area contributed by atoms with Gasteiger partial charge in [0.1, 0.15) is 5.75 Å². The summed E-state index contributed by atoms with van der Waals surface area (Å²) in [6.07, 6.45) is 0. The molecule has 3 N–H and O–H groups in total. The summed E-state index contributed by atoms with van der Waals surface area (Å²) in [6, 6.07) is 16.7. The number of hydrogen-bond acceptors (Lipinski definition) is 6. The molecule has 0 aliphatic heterocycles. The molecule has 3 aromatic rings. The van der Waals surface area contributed by atoms with Crippen molar-refractivity contribution in [1.82, 2.24) is 5.48 Å². The summed E-state index contributed by atoms with van der Waals surface area (Å²) < 4.78 is 21.8. The van der Waals surface area contributed by atoms with Gasteiger partial charge < -0.3 is 9.26 Å². The number of Topliss-reactive ketones (excluding diaryl/α,β-unsaturated/α-hetero) is 1. The molecule has 0 saturated heterocycles. The van der Waals surface area contributed by atoms with E-state index in [0.29, 0.717) is 16.5 Å². The maximum Gasteiger partial charge on any atom is 0.524 e. The van der Waals surface area contributed by atoms with Crippen LogP contribution >= 0.6 is 7.82 Å². The summed E-state index contributed by atoms with van der Waals surface area (Å²) in [4.78, 5) is 37.2. The molecular weight excluding hydrogens is 409 g/mol. The largest absolute Gasteiger partial charge is 0.524 e. The number of fused-ring (bicyclic) bond motifs is 1. The van der Waals surface area contributed by atoms with Gasteiger partial charge in [0.05, 0.1) is 25.3 Å². The first-order valence-electron chi connectivity index (χ1n) is 9.10. The van der Waals surface area contributed by atoms with Gasteiger partial charge >= 0.3 is 7.82 Å². The van der Waals surface area contributed by atoms with Gasteiger partial charge in [0, 0.05) is 10.8 Å². The monoisotopic (exact) mass is 431 g/mol. The number of carbonyl (C=O) groups is 1. The molecule has 0 aliphatic carbocycles. The number of nitrogens with one attached hydrogen (secondary N) is 1. The second-order valence-electron chi connectivity index (χ2n) is 6.56. The number of phosphoric ester groups is 1. The highest BCUT2D eigenvalue weighted by atomic mass is 31.2. The molecule has 1 atom stereocenters. The summed E-state index contributed by atoms with van der Waals surface area (Å²) in [5, 5.41) is 0.905. The van der Waals surface area contributed by atoms with Crippen LogP contribution in [0.3, 0.4) is 0 Å². The number of hydrogen-bond donors (Lipinski definition) is 3. The van der Waals surface area contributed by atoms with Crippen molar-refractivity contribution in [3.8, 4) is 11.5 Å². The number of carbonyl (C=O) groups excluding carboxylic acids is 1. The highest BCUT2D eigenvalue weighted by molar-refractivity contribution is 7.46. The van der Waals surface area contributed by atoms with Crippen molar-refractivity contribution < 1.29 is 33.2 Å². The van der Waals surface area contributed by atoms with Gasteiger partial charge in [-0.05, 0) is 18.6 Å². The zero-order chi connectivity index (χ0) is 21.7. The van der Waals surface area contributed by atoms with Crippen LogP contribution in [0.2, 0.25) is 0 Å². The molecule has 3 aromatic carbocycles. The Balaban J connectivity index is 1.91. The summed E-state index contributed by atoms with van der Waals surface area (Å²) >= 11 is 0. The highest BCUT2D eigenvalue weighted by Gasteiger charge is 2.28. The van der Waals surface area contributed by atoms with Crippen LogP contribution in [0.1, 0.15) is 22.8 Å². The Kier molecular flexibility index (Phi) is 6.87. The lowest BCUT2D eigenvalue weighted by Crippen LogP contribution is -2.34. The van der Waals surface area contributed by atoms with E-state index in [-0.39, 0.29) is 17.9 Å². The van der Waals surface area contributed by atoms with Gasteiger partial charge in [-0.25, -0.2) is 4.57 Å². The third kappa shape index (κ3) is 5.24. The first-order chi connectivity index (χ1) is 14.3. The van der Waals surface area contributed by atoms with Gasteiger partial charge in [0.25, 0.3) is 0 Å². The van der Waals surface area contributed by atoms with Crippen LogP contribution in [-0.2, 0) is 16.0 Å². The van der Waals surface area contributed by atoms with E-state index in [0.717, 1.165) is 5.56 Å². The van der Waals surface area contributed by atoms with E-state index in [1.807, 2.05) is 30.3 Å². The lowest BCUT2D eigenvalue weighted by Gasteiger charge is -2.19. The molecule has 0 heterocycles. The van der Waals surface area contributed by atoms with E-state index >= 15 is 0 Å². The van der Waals surface area contributed by atoms with Crippen LogP contribution in [0.5, 0.6) is 11.5 Å².